The number of aromatic nitrogens is 1. The van der Waals surface area contributed by atoms with Crippen molar-refractivity contribution in [1.29, 1.82) is 0 Å². The number of non-ortho nitro benzene ring substituents is 1. The van der Waals surface area contributed by atoms with Crippen LogP contribution in [0.25, 0.3) is 10.2 Å². The summed E-state index contributed by atoms with van der Waals surface area (Å²) in [5.74, 6) is -1.05. The molecule has 11 nitrogen and oxygen atoms in total. The molecule has 0 aliphatic carbocycles. The quantitative estimate of drug-likeness (QED) is 0.107. The number of esters is 2. The van der Waals surface area contributed by atoms with Gasteiger partial charge >= 0.3 is 11.9 Å². The molecule has 0 fully saturated rings. The van der Waals surface area contributed by atoms with Gasteiger partial charge in [0.2, 0.25) is 5.13 Å². The van der Waals surface area contributed by atoms with Crippen LogP contribution >= 0.6 is 11.3 Å². The molecule has 0 aliphatic heterocycles. The number of carbonyl (C=O) groups excluding carboxylic acids is 2. The number of anilines is 1. The first kappa shape index (κ1) is 26.2. The van der Waals surface area contributed by atoms with E-state index in [1.807, 2.05) is 24.0 Å². The van der Waals surface area contributed by atoms with Crippen molar-refractivity contribution in [3.63, 3.8) is 0 Å². The van der Waals surface area contributed by atoms with E-state index in [1.165, 1.54) is 23.5 Å². The Kier molecular flexibility index (Phi) is 8.95. The molecule has 0 amide bonds. The van der Waals surface area contributed by atoms with Gasteiger partial charge in [-0.05, 0) is 36.8 Å². The highest BCUT2D eigenvalue weighted by molar-refractivity contribution is 7.21. The maximum Gasteiger partial charge on any atom is 0.330 e. The van der Waals surface area contributed by atoms with Gasteiger partial charge in [0.15, 0.2) is 0 Å². The van der Waals surface area contributed by atoms with Gasteiger partial charge in [-0.15, -0.1) is 10.2 Å². The fraction of sp³-hybridized carbons (Fsp3) is 0.208. The third-order valence-corrected chi connectivity index (χ3v) is 5.81. The van der Waals surface area contributed by atoms with Crippen molar-refractivity contribution in [3.8, 4) is 0 Å². The Morgan fingerprint density at radius 2 is 1.75 bits per heavy atom. The van der Waals surface area contributed by atoms with E-state index < -0.39 is 16.9 Å². The number of hydrogen-bond donors (Lipinski definition) is 0. The Labute approximate surface area is 210 Å². The minimum Gasteiger partial charge on any atom is -0.461 e. The maximum atomic E-state index is 11.4. The highest BCUT2D eigenvalue weighted by Gasteiger charge is 2.12. The van der Waals surface area contributed by atoms with Crippen LogP contribution in [0.15, 0.2) is 71.9 Å². The van der Waals surface area contributed by atoms with Crippen molar-refractivity contribution in [2.24, 2.45) is 10.2 Å². The molecule has 1 heterocycles. The topological polar surface area (TPSA) is 137 Å². The van der Waals surface area contributed by atoms with Crippen LogP contribution < -0.4 is 4.90 Å². The zero-order valence-corrected chi connectivity index (χ0v) is 20.3. The first-order valence-electron chi connectivity index (χ1n) is 10.7. The summed E-state index contributed by atoms with van der Waals surface area (Å²) < 4.78 is 10.8. The van der Waals surface area contributed by atoms with Crippen LogP contribution in [0.5, 0.6) is 0 Å². The minimum atomic E-state index is -0.524. The molecule has 36 heavy (non-hydrogen) atoms. The SMILES string of the molecule is C=CC(=O)OCCN(CCOC(=O)C=C)c1ccc(N=Nc2nc3ccc([N+](=O)[O-])cc3s2)c(C)c1. The van der Waals surface area contributed by atoms with Crippen molar-refractivity contribution in [2.45, 2.75) is 6.92 Å². The molecule has 0 atom stereocenters. The number of fused-ring (bicyclic) bond motifs is 1. The second-order valence-corrected chi connectivity index (χ2v) is 8.32. The molecule has 0 unspecified atom stereocenters. The molecule has 186 valence electrons. The summed E-state index contributed by atoms with van der Waals surface area (Å²) in [6.45, 7) is 9.59. The van der Waals surface area contributed by atoms with E-state index in [4.69, 9.17) is 9.47 Å². The Morgan fingerprint density at radius 3 is 2.33 bits per heavy atom. The summed E-state index contributed by atoms with van der Waals surface area (Å²) in [5.41, 5.74) is 2.84. The highest BCUT2D eigenvalue weighted by Crippen LogP contribution is 2.33. The van der Waals surface area contributed by atoms with Crippen LogP contribution in [-0.4, -0.2) is 48.1 Å². The summed E-state index contributed by atoms with van der Waals surface area (Å²) in [7, 11) is 0. The molecular formula is C24H23N5O6S. The van der Waals surface area contributed by atoms with E-state index in [2.05, 4.69) is 28.4 Å². The number of thiazole rings is 1. The third kappa shape index (κ3) is 7.03. The predicted octanol–water partition coefficient (Wildman–Crippen LogP) is 5.19. The molecule has 0 N–H and O–H groups in total. The lowest BCUT2D eigenvalue weighted by molar-refractivity contribution is -0.384. The van der Waals surface area contributed by atoms with Gasteiger partial charge in [0.1, 0.15) is 13.2 Å². The lowest BCUT2D eigenvalue weighted by atomic mass is 10.1. The van der Waals surface area contributed by atoms with E-state index in [-0.39, 0.29) is 18.9 Å². The monoisotopic (exact) mass is 509 g/mol. The number of rotatable bonds is 12. The molecule has 3 rings (SSSR count). The zero-order valence-electron chi connectivity index (χ0n) is 19.5. The number of ether oxygens (including phenoxy) is 2. The molecule has 0 spiro atoms. The third-order valence-electron chi connectivity index (χ3n) is 4.90. The van der Waals surface area contributed by atoms with Gasteiger partial charge < -0.3 is 14.4 Å². The summed E-state index contributed by atoms with van der Waals surface area (Å²) in [6.07, 6.45) is 2.18. The van der Waals surface area contributed by atoms with Gasteiger partial charge in [0, 0.05) is 30.0 Å². The fourth-order valence-corrected chi connectivity index (χ4v) is 3.92. The number of hydrogen-bond acceptors (Lipinski definition) is 11. The largest absolute Gasteiger partial charge is 0.461 e. The fourth-order valence-electron chi connectivity index (χ4n) is 3.10. The molecule has 0 radical (unpaired) electrons. The number of nitro benzene ring substituents is 1. The highest BCUT2D eigenvalue weighted by atomic mass is 32.1. The average molecular weight is 510 g/mol. The Hall–Kier alpha value is -4.45. The molecule has 3 aromatic rings. The van der Waals surface area contributed by atoms with Crippen molar-refractivity contribution in [2.75, 3.05) is 31.2 Å². The lowest BCUT2D eigenvalue weighted by Crippen LogP contribution is -2.32. The van der Waals surface area contributed by atoms with E-state index in [0.29, 0.717) is 34.1 Å². The summed E-state index contributed by atoms with van der Waals surface area (Å²) >= 11 is 1.21. The van der Waals surface area contributed by atoms with Crippen molar-refractivity contribution >= 4 is 55.7 Å². The van der Waals surface area contributed by atoms with Crippen molar-refractivity contribution in [1.82, 2.24) is 4.98 Å². The molecule has 0 aliphatic rings. The van der Waals surface area contributed by atoms with Gasteiger partial charge in [-0.25, -0.2) is 14.6 Å². The van der Waals surface area contributed by atoms with Gasteiger partial charge in [0.25, 0.3) is 5.69 Å². The van der Waals surface area contributed by atoms with Crippen LogP contribution in [-0.2, 0) is 19.1 Å². The van der Waals surface area contributed by atoms with E-state index in [0.717, 1.165) is 23.4 Å². The number of benzene rings is 2. The zero-order chi connectivity index (χ0) is 26.1. The number of carbonyl (C=O) groups is 2. The molecule has 2 aromatic carbocycles. The molecule has 0 bridgehead atoms. The van der Waals surface area contributed by atoms with E-state index >= 15 is 0 Å². The maximum absolute atomic E-state index is 11.4. The van der Waals surface area contributed by atoms with Crippen molar-refractivity contribution in [3.05, 3.63) is 77.4 Å². The van der Waals surface area contributed by atoms with Crippen LogP contribution in [0, 0.1) is 17.0 Å². The Balaban J connectivity index is 1.74. The number of nitro groups is 1. The van der Waals surface area contributed by atoms with Crippen LogP contribution in [0.1, 0.15) is 5.56 Å². The van der Waals surface area contributed by atoms with E-state index in [9.17, 15) is 19.7 Å². The van der Waals surface area contributed by atoms with Gasteiger partial charge in [-0.3, -0.25) is 10.1 Å². The van der Waals surface area contributed by atoms with Crippen LogP contribution in [0.2, 0.25) is 0 Å². The Bertz CT molecular complexity index is 1310. The summed E-state index contributed by atoms with van der Waals surface area (Å²) in [6, 6.07) is 9.93. The molecule has 1 aromatic heterocycles. The number of aryl methyl sites for hydroxylation is 1. The second kappa shape index (κ2) is 12.3. The normalized spacial score (nSPS) is 10.8. The van der Waals surface area contributed by atoms with Gasteiger partial charge in [-0.1, -0.05) is 24.5 Å². The van der Waals surface area contributed by atoms with Gasteiger partial charge in [0.05, 0.1) is 33.9 Å². The van der Waals surface area contributed by atoms with Gasteiger partial charge in [-0.2, -0.15) is 0 Å². The first-order valence-corrected chi connectivity index (χ1v) is 11.5. The molecule has 12 heteroatoms. The number of nitrogens with zero attached hydrogens (tertiary/aromatic N) is 5. The molecule has 0 saturated carbocycles. The van der Waals surface area contributed by atoms with E-state index in [1.54, 1.807) is 12.1 Å². The number of azo groups is 1. The summed E-state index contributed by atoms with van der Waals surface area (Å²) in [4.78, 5) is 39.5. The van der Waals surface area contributed by atoms with Crippen molar-refractivity contribution < 1.29 is 24.0 Å². The minimum absolute atomic E-state index is 0.0101. The predicted molar refractivity (Wildman–Crippen MR) is 136 cm³/mol. The summed E-state index contributed by atoms with van der Waals surface area (Å²) in [5, 5.41) is 19.8. The Morgan fingerprint density at radius 1 is 1.08 bits per heavy atom. The molecule has 0 saturated heterocycles. The smallest absolute Gasteiger partial charge is 0.330 e. The van der Waals surface area contributed by atoms with Crippen LogP contribution in [0.3, 0.4) is 0 Å². The first-order chi connectivity index (χ1) is 17.3. The van der Waals surface area contributed by atoms with Crippen LogP contribution in [0.4, 0.5) is 22.2 Å². The standard InChI is InChI=1S/C24H23N5O6S/c1-4-22(30)34-12-10-28(11-13-35-23(31)5-2)17-6-8-19(16(3)14-17)26-27-24-25-20-9-7-18(29(32)33)15-21(20)36-24/h4-9,14-15H,1-2,10-13H2,3H3. The second-order valence-electron chi connectivity index (χ2n) is 7.31. The average Bonchev–Trinajstić information content (AvgIpc) is 3.28. The molecular weight excluding hydrogens is 486 g/mol. The lowest BCUT2D eigenvalue weighted by Gasteiger charge is -2.25.